The van der Waals surface area contributed by atoms with Crippen LogP contribution >= 0.6 is 0 Å². The van der Waals surface area contributed by atoms with Gasteiger partial charge in [0.2, 0.25) is 0 Å². The van der Waals surface area contributed by atoms with Crippen LogP contribution in [-0.2, 0) is 13.0 Å². The Balaban J connectivity index is 1.54. The van der Waals surface area contributed by atoms with Gasteiger partial charge in [0.15, 0.2) is 6.23 Å². The first-order chi connectivity index (χ1) is 19.0. The molecule has 7 heteroatoms. The van der Waals surface area contributed by atoms with E-state index in [0.29, 0.717) is 17.7 Å². The van der Waals surface area contributed by atoms with Crippen molar-refractivity contribution in [2.75, 3.05) is 0 Å². The minimum Gasteiger partial charge on any atom is -0.478 e. The second kappa shape index (κ2) is 11.6. The van der Waals surface area contributed by atoms with Crippen molar-refractivity contribution in [3.63, 3.8) is 0 Å². The summed E-state index contributed by atoms with van der Waals surface area (Å²) in [5.41, 5.74) is 6.08. The molecule has 0 saturated carbocycles. The lowest BCUT2D eigenvalue weighted by Crippen LogP contribution is -2.14. The predicted molar refractivity (Wildman–Crippen MR) is 153 cm³/mol. The number of rotatable bonds is 11. The maximum atomic E-state index is 11.7. The molecule has 5 rings (SSSR count). The third-order valence-corrected chi connectivity index (χ3v) is 7.12. The Morgan fingerprint density at radius 2 is 1.85 bits per heavy atom. The molecule has 0 spiro atoms. The number of fused-ring (bicyclic) bond motifs is 1. The summed E-state index contributed by atoms with van der Waals surface area (Å²) < 4.78 is 10.9. The van der Waals surface area contributed by atoms with Gasteiger partial charge in [-0.1, -0.05) is 68.8 Å². The van der Waals surface area contributed by atoms with Crippen LogP contribution in [0, 0.1) is 6.92 Å². The first-order valence-corrected chi connectivity index (χ1v) is 13.5. The van der Waals surface area contributed by atoms with E-state index in [2.05, 4.69) is 48.5 Å². The normalized spacial score (nSPS) is 12.1. The summed E-state index contributed by atoms with van der Waals surface area (Å²) in [6.45, 7) is 7.02. The van der Waals surface area contributed by atoms with Gasteiger partial charge < -0.3 is 19.0 Å². The summed E-state index contributed by atoms with van der Waals surface area (Å²) in [5, 5.41) is 9.62. The van der Waals surface area contributed by atoms with Crippen LogP contribution in [0.3, 0.4) is 0 Å². The molecule has 1 N–H and O–H groups in total. The van der Waals surface area contributed by atoms with Crippen LogP contribution in [0.15, 0.2) is 79.4 Å². The van der Waals surface area contributed by atoms with E-state index in [0.717, 1.165) is 65.0 Å². The van der Waals surface area contributed by atoms with Crippen molar-refractivity contribution in [3.05, 3.63) is 102 Å². The van der Waals surface area contributed by atoms with Crippen molar-refractivity contribution < 1.29 is 14.6 Å². The van der Waals surface area contributed by atoms with Gasteiger partial charge in [-0.25, -0.2) is 14.8 Å². The number of ether oxygens (including phenoxy) is 1. The fourth-order valence-corrected chi connectivity index (χ4v) is 5.01. The van der Waals surface area contributed by atoms with E-state index in [4.69, 9.17) is 9.72 Å². The van der Waals surface area contributed by atoms with Gasteiger partial charge in [-0.2, -0.15) is 0 Å². The largest absolute Gasteiger partial charge is 0.478 e. The molecule has 39 heavy (non-hydrogen) atoms. The SMILES string of the molecule is CCCCc1nc2c(C)ccc(OC(CC)n3ccnc3)c2n1Cc1ccc(-c2ccccc2C(=O)O)cc1. The highest BCUT2D eigenvalue weighted by molar-refractivity contribution is 5.96. The number of carbonyl (C=O) groups is 1. The summed E-state index contributed by atoms with van der Waals surface area (Å²) in [7, 11) is 0. The second-order valence-electron chi connectivity index (χ2n) is 9.83. The molecule has 0 aliphatic carbocycles. The Morgan fingerprint density at radius 1 is 1.05 bits per heavy atom. The number of carboxylic acid groups (broad SMARTS) is 1. The molecule has 0 aliphatic rings. The monoisotopic (exact) mass is 522 g/mol. The summed E-state index contributed by atoms with van der Waals surface area (Å²) >= 11 is 0. The average Bonchev–Trinajstić information content (AvgIpc) is 3.61. The van der Waals surface area contributed by atoms with Gasteiger partial charge in [-0.05, 0) is 47.7 Å². The molecule has 3 aromatic carbocycles. The minimum absolute atomic E-state index is 0.172. The number of benzene rings is 3. The molecule has 0 aliphatic heterocycles. The van der Waals surface area contributed by atoms with Crippen molar-refractivity contribution in [1.82, 2.24) is 19.1 Å². The predicted octanol–water partition coefficient (Wildman–Crippen LogP) is 7.28. The molecule has 2 heterocycles. The Hall–Kier alpha value is -4.39. The Kier molecular flexibility index (Phi) is 7.77. The number of aryl methyl sites for hydroxylation is 2. The summed E-state index contributed by atoms with van der Waals surface area (Å²) in [5.74, 6) is 0.921. The zero-order valence-corrected chi connectivity index (χ0v) is 22.7. The van der Waals surface area contributed by atoms with E-state index in [9.17, 15) is 9.90 Å². The molecule has 0 fully saturated rings. The van der Waals surface area contributed by atoms with E-state index in [-0.39, 0.29) is 6.23 Å². The van der Waals surface area contributed by atoms with Crippen molar-refractivity contribution in [1.29, 1.82) is 0 Å². The number of hydrogen-bond donors (Lipinski definition) is 1. The molecule has 0 radical (unpaired) electrons. The maximum Gasteiger partial charge on any atom is 0.336 e. The van der Waals surface area contributed by atoms with Crippen molar-refractivity contribution in [2.24, 2.45) is 0 Å². The summed E-state index contributed by atoms with van der Waals surface area (Å²) in [6, 6.07) is 19.4. The smallest absolute Gasteiger partial charge is 0.336 e. The molecule has 5 aromatic rings. The Morgan fingerprint density at radius 3 is 2.54 bits per heavy atom. The molecule has 200 valence electrons. The maximum absolute atomic E-state index is 11.7. The van der Waals surface area contributed by atoms with E-state index >= 15 is 0 Å². The number of imidazole rings is 2. The number of hydrogen-bond acceptors (Lipinski definition) is 4. The lowest BCUT2D eigenvalue weighted by atomic mass is 9.98. The van der Waals surface area contributed by atoms with Gasteiger partial charge >= 0.3 is 5.97 Å². The van der Waals surface area contributed by atoms with Gasteiger partial charge in [-0.15, -0.1) is 0 Å². The van der Waals surface area contributed by atoms with Gasteiger partial charge in [0.1, 0.15) is 17.1 Å². The van der Waals surface area contributed by atoms with Crippen LogP contribution in [0.2, 0.25) is 0 Å². The third-order valence-electron chi connectivity index (χ3n) is 7.12. The van der Waals surface area contributed by atoms with E-state index in [1.807, 2.05) is 41.1 Å². The highest BCUT2D eigenvalue weighted by Gasteiger charge is 2.20. The molecule has 2 aromatic heterocycles. The van der Waals surface area contributed by atoms with Gasteiger partial charge in [-0.3, -0.25) is 0 Å². The number of nitrogens with zero attached hydrogens (tertiary/aromatic N) is 4. The standard InChI is InChI=1S/C32H34N4O3/c1-4-6-11-28-34-30-22(3)12-17-27(39-29(5-2)35-19-18-33-21-35)31(30)36(28)20-23-13-15-24(16-14-23)25-9-7-8-10-26(25)32(37)38/h7-10,12-19,21,29H,4-6,11,20H2,1-3H3,(H,37,38). The molecule has 0 amide bonds. The van der Waals surface area contributed by atoms with Gasteiger partial charge in [0, 0.05) is 31.8 Å². The highest BCUT2D eigenvalue weighted by atomic mass is 16.5. The molecule has 1 atom stereocenters. The number of carboxylic acids is 1. The number of aromatic nitrogens is 4. The molecule has 1 unspecified atom stereocenters. The molecular weight excluding hydrogens is 488 g/mol. The van der Waals surface area contributed by atoms with Crippen molar-refractivity contribution >= 4 is 17.0 Å². The zero-order valence-electron chi connectivity index (χ0n) is 22.7. The van der Waals surface area contributed by atoms with Crippen molar-refractivity contribution in [3.8, 4) is 16.9 Å². The van der Waals surface area contributed by atoms with Gasteiger partial charge in [0.05, 0.1) is 17.4 Å². The van der Waals surface area contributed by atoms with Crippen LogP contribution in [0.5, 0.6) is 5.75 Å². The quantitative estimate of drug-likeness (QED) is 0.197. The minimum atomic E-state index is -0.927. The molecule has 0 saturated heterocycles. The highest BCUT2D eigenvalue weighted by Crippen LogP contribution is 2.33. The fraction of sp³-hybridized carbons (Fsp3) is 0.281. The summed E-state index contributed by atoms with van der Waals surface area (Å²) in [4.78, 5) is 21.0. The number of aromatic carboxylic acids is 1. The molecule has 0 bridgehead atoms. The van der Waals surface area contributed by atoms with E-state index in [1.165, 1.54) is 0 Å². The first-order valence-electron chi connectivity index (χ1n) is 13.5. The zero-order chi connectivity index (χ0) is 27.4. The van der Waals surface area contributed by atoms with Crippen LogP contribution in [0.25, 0.3) is 22.2 Å². The van der Waals surface area contributed by atoms with Crippen LogP contribution in [0.4, 0.5) is 0 Å². The fourth-order valence-electron chi connectivity index (χ4n) is 5.01. The van der Waals surface area contributed by atoms with E-state index < -0.39 is 5.97 Å². The third kappa shape index (κ3) is 5.43. The summed E-state index contributed by atoms with van der Waals surface area (Å²) in [6.07, 6.45) is 9.12. The average molecular weight is 523 g/mol. The Labute approximate surface area is 228 Å². The van der Waals surface area contributed by atoms with Crippen LogP contribution in [0.1, 0.15) is 66.6 Å². The second-order valence-corrected chi connectivity index (χ2v) is 9.83. The van der Waals surface area contributed by atoms with Crippen LogP contribution < -0.4 is 4.74 Å². The molecular formula is C32H34N4O3. The van der Waals surface area contributed by atoms with E-state index in [1.54, 1.807) is 24.7 Å². The lowest BCUT2D eigenvalue weighted by Gasteiger charge is -2.20. The Bertz CT molecular complexity index is 1570. The van der Waals surface area contributed by atoms with Gasteiger partial charge in [0.25, 0.3) is 0 Å². The first kappa shape index (κ1) is 26.2. The topological polar surface area (TPSA) is 82.2 Å². The molecule has 7 nitrogen and oxygen atoms in total. The lowest BCUT2D eigenvalue weighted by molar-refractivity contribution is 0.0697. The van der Waals surface area contributed by atoms with Crippen LogP contribution in [-0.4, -0.2) is 30.2 Å². The number of unbranched alkanes of at least 4 members (excludes halogenated alkanes) is 1. The van der Waals surface area contributed by atoms with Crippen molar-refractivity contribution in [2.45, 2.75) is 59.2 Å².